The average Bonchev–Trinajstić information content (AvgIpc) is 3.45. The van der Waals surface area contributed by atoms with E-state index in [1.54, 1.807) is 0 Å². The quantitative estimate of drug-likeness (QED) is 0.0420. The van der Waals surface area contributed by atoms with Crippen LogP contribution in [0.1, 0.15) is 444 Å². The van der Waals surface area contributed by atoms with Gasteiger partial charge in [0.25, 0.3) is 0 Å². The molecule has 2 atom stereocenters. The number of aliphatic hydroxyl groups is 2. The fourth-order valence-electron chi connectivity index (χ4n) is 12.4. The van der Waals surface area contributed by atoms with E-state index in [0.29, 0.717) is 12.8 Å². The van der Waals surface area contributed by atoms with Gasteiger partial charge in [-0.3, -0.25) is 4.79 Å². The molecule has 0 aromatic rings. The maximum Gasteiger partial charge on any atom is 0.220 e. The van der Waals surface area contributed by atoms with Crippen molar-refractivity contribution < 1.29 is 15.0 Å². The number of rotatable bonds is 71. The van der Waals surface area contributed by atoms with E-state index in [0.717, 1.165) is 25.7 Å². The molecule has 0 spiro atoms. The summed E-state index contributed by atoms with van der Waals surface area (Å²) in [5.74, 6) is -0.0195. The molecular formula is C75H149NO3. The highest BCUT2D eigenvalue weighted by atomic mass is 16.3. The molecule has 4 nitrogen and oxygen atoms in total. The molecule has 0 bridgehead atoms. The Morgan fingerprint density at radius 1 is 0.291 bits per heavy atom. The minimum Gasteiger partial charge on any atom is -0.394 e. The Morgan fingerprint density at radius 3 is 0.696 bits per heavy atom. The van der Waals surface area contributed by atoms with E-state index in [2.05, 4.69) is 31.3 Å². The van der Waals surface area contributed by atoms with Gasteiger partial charge in [0.05, 0.1) is 18.8 Å². The Balaban J connectivity index is 3.35. The van der Waals surface area contributed by atoms with Crippen LogP contribution in [-0.4, -0.2) is 34.9 Å². The number of aliphatic hydroxyl groups excluding tert-OH is 2. The first kappa shape index (κ1) is 78.1. The maximum absolute atomic E-state index is 12.6. The molecule has 1 amide bonds. The number of carbonyl (C=O) groups is 1. The van der Waals surface area contributed by atoms with Gasteiger partial charge in [-0.25, -0.2) is 0 Å². The lowest BCUT2D eigenvalue weighted by molar-refractivity contribution is -0.123. The molecule has 2 unspecified atom stereocenters. The Hall–Kier alpha value is -0.870. The van der Waals surface area contributed by atoms with Crippen molar-refractivity contribution in [1.82, 2.24) is 5.32 Å². The number of carbonyl (C=O) groups excluding carboxylic acids is 1. The van der Waals surface area contributed by atoms with Crippen LogP contribution in [0, 0.1) is 0 Å². The molecule has 0 aliphatic heterocycles. The van der Waals surface area contributed by atoms with Crippen LogP contribution in [0.15, 0.2) is 12.2 Å². The molecule has 0 rings (SSSR count). The first-order valence-corrected chi connectivity index (χ1v) is 37.4. The molecule has 79 heavy (non-hydrogen) atoms. The molecule has 0 aliphatic carbocycles. The lowest BCUT2D eigenvalue weighted by Crippen LogP contribution is -2.45. The van der Waals surface area contributed by atoms with Gasteiger partial charge in [-0.2, -0.15) is 0 Å². The van der Waals surface area contributed by atoms with E-state index in [-0.39, 0.29) is 12.5 Å². The Morgan fingerprint density at radius 2 is 0.481 bits per heavy atom. The standard InChI is InChI=1S/C75H149NO3/c1-3-5-7-9-11-13-15-17-19-21-23-25-27-29-31-33-35-36-37-38-39-40-41-43-45-47-49-51-53-55-57-59-61-63-65-67-69-71-75(79)76-73(72-77)74(78)70-68-66-64-62-60-58-56-54-52-50-48-46-44-42-34-32-30-28-26-24-22-20-18-16-14-12-10-8-6-4-2/h21,23,73-74,77-78H,3-20,22,24-72H2,1-2H3,(H,76,79)/b23-21-. The predicted molar refractivity (Wildman–Crippen MR) is 355 cm³/mol. The molecule has 0 saturated heterocycles. The van der Waals surface area contributed by atoms with E-state index < -0.39 is 12.1 Å². The second-order valence-corrected chi connectivity index (χ2v) is 26.1. The first-order chi connectivity index (χ1) is 39.2. The molecule has 0 fully saturated rings. The fraction of sp³-hybridized carbons (Fsp3) is 0.960. The Bertz CT molecular complexity index is 1120. The highest BCUT2D eigenvalue weighted by Crippen LogP contribution is 2.20. The Labute approximate surface area is 498 Å². The van der Waals surface area contributed by atoms with Crippen molar-refractivity contribution in [3.8, 4) is 0 Å². The zero-order valence-corrected chi connectivity index (χ0v) is 54.7. The Kier molecular flexibility index (Phi) is 70.6. The minimum absolute atomic E-state index is 0.0195. The molecule has 472 valence electrons. The number of allylic oxidation sites excluding steroid dienone is 2. The van der Waals surface area contributed by atoms with Gasteiger partial charge in [-0.15, -0.1) is 0 Å². The summed E-state index contributed by atoms with van der Waals surface area (Å²) in [5, 5.41) is 23.5. The smallest absolute Gasteiger partial charge is 0.220 e. The van der Waals surface area contributed by atoms with Crippen molar-refractivity contribution in [2.75, 3.05) is 6.61 Å². The zero-order chi connectivity index (χ0) is 56.9. The normalized spacial score (nSPS) is 12.6. The average molecular weight is 1110 g/mol. The number of hydrogen-bond donors (Lipinski definition) is 3. The monoisotopic (exact) mass is 1110 g/mol. The summed E-state index contributed by atoms with van der Waals surface area (Å²) >= 11 is 0. The van der Waals surface area contributed by atoms with Crippen LogP contribution in [0.3, 0.4) is 0 Å². The van der Waals surface area contributed by atoms with Crippen molar-refractivity contribution in [3.63, 3.8) is 0 Å². The largest absolute Gasteiger partial charge is 0.394 e. The van der Waals surface area contributed by atoms with Gasteiger partial charge in [0.15, 0.2) is 0 Å². The SMILES string of the molecule is CCCCCCCCCC/C=C\CCCCCCCCCCCCCCCCCCCCCCCCCCCC(=O)NC(CO)C(O)CCCCCCCCCCCCCCCCCCCCCCCCCCCCCCCC. The van der Waals surface area contributed by atoms with Gasteiger partial charge in [0.1, 0.15) is 0 Å². The van der Waals surface area contributed by atoms with E-state index in [1.807, 2.05) is 0 Å². The van der Waals surface area contributed by atoms with Crippen molar-refractivity contribution in [2.24, 2.45) is 0 Å². The zero-order valence-electron chi connectivity index (χ0n) is 54.7. The van der Waals surface area contributed by atoms with Gasteiger partial charge < -0.3 is 15.5 Å². The summed E-state index contributed by atoms with van der Waals surface area (Å²) in [6, 6.07) is -0.534. The summed E-state index contributed by atoms with van der Waals surface area (Å²) in [6.07, 6.45) is 95.9. The number of hydrogen-bond acceptors (Lipinski definition) is 3. The molecule has 0 radical (unpaired) electrons. The fourth-order valence-corrected chi connectivity index (χ4v) is 12.4. The summed E-state index contributed by atoms with van der Waals surface area (Å²) in [7, 11) is 0. The second-order valence-electron chi connectivity index (χ2n) is 26.1. The molecule has 0 heterocycles. The van der Waals surface area contributed by atoms with Crippen LogP contribution < -0.4 is 5.32 Å². The van der Waals surface area contributed by atoms with E-state index in [4.69, 9.17) is 0 Å². The van der Waals surface area contributed by atoms with Crippen LogP contribution in [-0.2, 0) is 4.79 Å². The van der Waals surface area contributed by atoms with E-state index >= 15 is 0 Å². The van der Waals surface area contributed by atoms with Crippen LogP contribution in [0.5, 0.6) is 0 Å². The summed E-state index contributed by atoms with van der Waals surface area (Å²) < 4.78 is 0. The summed E-state index contributed by atoms with van der Waals surface area (Å²) in [5.41, 5.74) is 0. The van der Waals surface area contributed by atoms with Crippen molar-refractivity contribution in [2.45, 2.75) is 456 Å². The minimum atomic E-state index is -0.658. The van der Waals surface area contributed by atoms with Gasteiger partial charge in [-0.05, 0) is 38.5 Å². The van der Waals surface area contributed by atoms with Crippen LogP contribution >= 0.6 is 0 Å². The molecule has 0 aromatic carbocycles. The third-order valence-corrected chi connectivity index (χ3v) is 18.0. The van der Waals surface area contributed by atoms with Crippen molar-refractivity contribution >= 4 is 5.91 Å². The molecule has 0 saturated carbocycles. The third-order valence-electron chi connectivity index (χ3n) is 18.0. The highest BCUT2D eigenvalue weighted by Gasteiger charge is 2.20. The van der Waals surface area contributed by atoms with Crippen LogP contribution in [0.4, 0.5) is 0 Å². The van der Waals surface area contributed by atoms with Crippen LogP contribution in [0.2, 0.25) is 0 Å². The topological polar surface area (TPSA) is 69.6 Å². The van der Waals surface area contributed by atoms with Gasteiger partial charge in [-0.1, -0.05) is 411 Å². The van der Waals surface area contributed by atoms with Gasteiger partial charge in [0.2, 0.25) is 5.91 Å². The van der Waals surface area contributed by atoms with Crippen molar-refractivity contribution in [3.05, 3.63) is 12.2 Å². The van der Waals surface area contributed by atoms with E-state index in [9.17, 15) is 15.0 Å². The van der Waals surface area contributed by atoms with Gasteiger partial charge >= 0.3 is 0 Å². The maximum atomic E-state index is 12.6. The molecule has 4 heteroatoms. The molecular weight excluding hydrogens is 963 g/mol. The lowest BCUT2D eigenvalue weighted by Gasteiger charge is -2.22. The molecule has 0 aliphatic rings. The third kappa shape index (κ3) is 67.8. The second kappa shape index (κ2) is 71.4. The number of unbranched alkanes of at least 4 members (excludes halogenated alkanes) is 62. The summed E-state index contributed by atoms with van der Waals surface area (Å²) in [6.45, 7) is 4.42. The van der Waals surface area contributed by atoms with Gasteiger partial charge in [0, 0.05) is 6.42 Å². The highest BCUT2D eigenvalue weighted by molar-refractivity contribution is 5.76. The molecule has 0 aromatic heterocycles. The number of amides is 1. The van der Waals surface area contributed by atoms with Crippen molar-refractivity contribution in [1.29, 1.82) is 0 Å². The van der Waals surface area contributed by atoms with E-state index in [1.165, 1.54) is 392 Å². The number of nitrogens with one attached hydrogen (secondary N) is 1. The summed E-state index contributed by atoms with van der Waals surface area (Å²) in [4.78, 5) is 12.6. The first-order valence-electron chi connectivity index (χ1n) is 37.4. The predicted octanol–water partition coefficient (Wildman–Crippen LogP) is 25.6. The van der Waals surface area contributed by atoms with Crippen LogP contribution in [0.25, 0.3) is 0 Å². The lowest BCUT2D eigenvalue weighted by atomic mass is 10.0. The molecule has 3 N–H and O–H groups in total.